The van der Waals surface area contributed by atoms with Crippen LogP contribution in [-0.2, 0) is 23.4 Å². The predicted octanol–water partition coefficient (Wildman–Crippen LogP) is 5.27. The third-order valence-corrected chi connectivity index (χ3v) is 6.34. The average molecular weight is 398 g/mol. The first-order chi connectivity index (χ1) is 14.1. The first-order valence-electron chi connectivity index (χ1n) is 10.9. The largest absolute Gasteiger partial charge is 0.504 e. The Balaban J connectivity index is 0.00000117. The van der Waals surface area contributed by atoms with Gasteiger partial charge in [0.05, 0.1) is 19.3 Å². The van der Waals surface area contributed by atoms with Crippen molar-refractivity contribution in [1.82, 2.24) is 4.90 Å². The molecule has 4 rings (SSSR count). The van der Waals surface area contributed by atoms with E-state index in [9.17, 15) is 5.11 Å². The number of hydrogen-bond donors (Lipinski definition) is 1. The summed E-state index contributed by atoms with van der Waals surface area (Å²) in [6.45, 7) is 9.23. The minimum atomic E-state index is -0.0584. The van der Waals surface area contributed by atoms with Crippen molar-refractivity contribution in [1.29, 1.82) is 0 Å². The van der Waals surface area contributed by atoms with E-state index in [0.29, 0.717) is 11.8 Å². The molecule has 4 nitrogen and oxygen atoms in total. The summed E-state index contributed by atoms with van der Waals surface area (Å²) in [5.41, 5.74) is 3.92. The highest BCUT2D eigenvalue weighted by Gasteiger charge is 2.42. The van der Waals surface area contributed by atoms with Gasteiger partial charge in [0.25, 0.3) is 0 Å². The van der Waals surface area contributed by atoms with Gasteiger partial charge in [-0.15, -0.1) is 0 Å². The number of ether oxygens (including phenoxy) is 2. The number of rotatable bonds is 5. The highest BCUT2D eigenvalue weighted by atomic mass is 16.5. The fourth-order valence-electron chi connectivity index (χ4n) is 4.56. The van der Waals surface area contributed by atoms with Crippen LogP contribution >= 0.6 is 0 Å². The number of benzene rings is 2. The smallest absolute Gasteiger partial charge is 0.160 e. The molecule has 1 saturated heterocycles. The van der Waals surface area contributed by atoms with Gasteiger partial charge in [-0.1, -0.05) is 44.2 Å². The molecule has 0 aromatic heterocycles. The Hall–Kier alpha value is -2.04. The Labute approximate surface area is 175 Å². The Morgan fingerprint density at radius 3 is 2.59 bits per heavy atom. The van der Waals surface area contributed by atoms with E-state index in [2.05, 4.69) is 36.1 Å². The molecule has 2 aromatic rings. The lowest BCUT2D eigenvalue weighted by Gasteiger charge is -2.41. The fraction of sp³-hybridized carbons (Fsp3) is 0.520. The SMILES string of the molecule is CC.COc1cc(CCC(C)N2CCC3(CC2)OCc2ccccc23)ccc1O. The van der Waals surface area contributed by atoms with Gasteiger partial charge in [-0.05, 0) is 61.4 Å². The molecule has 1 fully saturated rings. The molecular formula is C25H35NO3. The van der Waals surface area contributed by atoms with Gasteiger partial charge in [-0.2, -0.15) is 0 Å². The van der Waals surface area contributed by atoms with Crippen molar-refractivity contribution < 1.29 is 14.6 Å². The van der Waals surface area contributed by atoms with Crippen molar-refractivity contribution >= 4 is 0 Å². The van der Waals surface area contributed by atoms with Crippen molar-refractivity contribution in [2.24, 2.45) is 0 Å². The molecule has 1 atom stereocenters. The number of nitrogens with zero attached hydrogens (tertiary/aromatic N) is 1. The monoisotopic (exact) mass is 397 g/mol. The molecule has 0 saturated carbocycles. The summed E-state index contributed by atoms with van der Waals surface area (Å²) >= 11 is 0. The maximum Gasteiger partial charge on any atom is 0.160 e. The lowest BCUT2D eigenvalue weighted by atomic mass is 9.83. The van der Waals surface area contributed by atoms with Gasteiger partial charge in [0.15, 0.2) is 11.5 Å². The third kappa shape index (κ3) is 4.59. The highest BCUT2D eigenvalue weighted by molar-refractivity contribution is 5.41. The van der Waals surface area contributed by atoms with Crippen LogP contribution in [0.5, 0.6) is 11.5 Å². The van der Waals surface area contributed by atoms with Crippen molar-refractivity contribution in [3.05, 3.63) is 59.2 Å². The molecule has 0 aliphatic carbocycles. The maximum absolute atomic E-state index is 9.74. The minimum Gasteiger partial charge on any atom is -0.504 e. The molecule has 2 aliphatic rings. The number of phenols is 1. The highest BCUT2D eigenvalue weighted by Crippen LogP contribution is 2.44. The van der Waals surface area contributed by atoms with Gasteiger partial charge in [0.1, 0.15) is 0 Å². The predicted molar refractivity (Wildman–Crippen MR) is 118 cm³/mol. The number of likely N-dealkylation sites (tertiary alicyclic amines) is 1. The summed E-state index contributed by atoms with van der Waals surface area (Å²) in [4.78, 5) is 2.59. The lowest BCUT2D eigenvalue weighted by molar-refractivity contribution is -0.0837. The molecule has 29 heavy (non-hydrogen) atoms. The number of aryl methyl sites for hydroxylation is 1. The number of piperidine rings is 1. The second-order valence-electron chi connectivity index (χ2n) is 7.87. The number of hydrogen-bond acceptors (Lipinski definition) is 4. The normalized spacial score (nSPS) is 18.6. The molecular weight excluding hydrogens is 362 g/mol. The van der Waals surface area contributed by atoms with E-state index in [1.54, 1.807) is 13.2 Å². The zero-order valence-electron chi connectivity index (χ0n) is 18.3. The second kappa shape index (κ2) is 9.64. The summed E-state index contributed by atoms with van der Waals surface area (Å²) < 4.78 is 11.5. The van der Waals surface area contributed by atoms with E-state index >= 15 is 0 Å². The van der Waals surface area contributed by atoms with E-state index in [1.807, 2.05) is 26.0 Å². The number of aromatic hydroxyl groups is 1. The Bertz CT molecular complexity index is 796. The standard InChI is InChI=1S/C23H29NO3.C2H6/c1-17(7-8-18-9-10-21(25)22(15-18)26-2)24-13-11-23(12-14-24)20-6-4-3-5-19(20)16-27-23;1-2/h3-6,9-10,15,17,25H,7-8,11-14,16H2,1-2H3;1-2H3. The van der Waals surface area contributed by atoms with E-state index in [0.717, 1.165) is 45.4 Å². The summed E-state index contributed by atoms with van der Waals surface area (Å²) in [5, 5.41) is 9.74. The number of phenolic OH excluding ortho intramolecular Hbond substituents is 1. The van der Waals surface area contributed by atoms with E-state index in [1.165, 1.54) is 16.7 Å². The van der Waals surface area contributed by atoms with Crippen molar-refractivity contribution in [2.45, 2.75) is 64.7 Å². The molecule has 2 aliphatic heterocycles. The van der Waals surface area contributed by atoms with Crippen LogP contribution in [0.2, 0.25) is 0 Å². The lowest BCUT2D eigenvalue weighted by Crippen LogP contribution is -2.46. The van der Waals surface area contributed by atoms with Crippen LogP contribution in [0.1, 0.15) is 56.7 Å². The van der Waals surface area contributed by atoms with Crippen LogP contribution < -0.4 is 4.74 Å². The van der Waals surface area contributed by atoms with Crippen LogP contribution in [0.25, 0.3) is 0 Å². The molecule has 0 amide bonds. The molecule has 2 aromatic carbocycles. The van der Waals surface area contributed by atoms with Crippen LogP contribution in [0.15, 0.2) is 42.5 Å². The second-order valence-corrected chi connectivity index (χ2v) is 7.87. The summed E-state index contributed by atoms with van der Waals surface area (Å²) in [7, 11) is 1.59. The fourth-order valence-corrected chi connectivity index (χ4v) is 4.56. The van der Waals surface area contributed by atoms with Gasteiger partial charge in [-0.25, -0.2) is 0 Å². The molecule has 0 bridgehead atoms. The van der Waals surface area contributed by atoms with Gasteiger partial charge >= 0.3 is 0 Å². The van der Waals surface area contributed by atoms with Crippen LogP contribution in [0.4, 0.5) is 0 Å². The van der Waals surface area contributed by atoms with Crippen LogP contribution in [0.3, 0.4) is 0 Å². The van der Waals surface area contributed by atoms with Crippen LogP contribution in [-0.4, -0.2) is 36.2 Å². The van der Waals surface area contributed by atoms with Crippen molar-refractivity contribution in [3.63, 3.8) is 0 Å². The molecule has 1 N–H and O–H groups in total. The molecule has 158 valence electrons. The average Bonchev–Trinajstić information content (AvgIpc) is 3.13. The van der Waals surface area contributed by atoms with E-state index < -0.39 is 0 Å². The molecule has 4 heteroatoms. The van der Waals surface area contributed by atoms with Crippen molar-refractivity contribution in [2.75, 3.05) is 20.2 Å². The molecule has 1 spiro atoms. The van der Waals surface area contributed by atoms with Gasteiger partial charge < -0.3 is 19.5 Å². The molecule has 1 unspecified atom stereocenters. The van der Waals surface area contributed by atoms with Crippen molar-refractivity contribution in [3.8, 4) is 11.5 Å². The van der Waals surface area contributed by atoms with Gasteiger partial charge in [-0.3, -0.25) is 0 Å². The van der Waals surface area contributed by atoms with E-state index in [-0.39, 0.29) is 11.4 Å². The minimum absolute atomic E-state index is 0.0584. The van der Waals surface area contributed by atoms with E-state index in [4.69, 9.17) is 9.47 Å². The summed E-state index contributed by atoms with van der Waals surface area (Å²) in [6.07, 6.45) is 4.22. The first-order valence-corrected chi connectivity index (χ1v) is 10.9. The first kappa shape index (κ1) is 21.7. The maximum atomic E-state index is 9.74. The number of methoxy groups -OCH3 is 1. The summed E-state index contributed by atoms with van der Waals surface area (Å²) in [6, 6.07) is 14.9. The Morgan fingerprint density at radius 1 is 1.14 bits per heavy atom. The zero-order valence-corrected chi connectivity index (χ0v) is 18.3. The zero-order chi connectivity index (χ0) is 20.9. The Morgan fingerprint density at radius 2 is 1.86 bits per heavy atom. The van der Waals surface area contributed by atoms with Crippen LogP contribution in [0, 0.1) is 0 Å². The Kier molecular flexibility index (Phi) is 7.20. The quantitative estimate of drug-likeness (QED) is 0.746. The number of fused-ring (bicyclic) bond motifs is 2. The molecule has 2 heterocycles. The summed E-state index contributed by atoms with van der Waals surface area (Å²) in [5.74, 6) is 0.754. The van der Waals surface area contributed by atoms with Gasteiger partial charge in [0, 0.05) is 19.1 Å². The van der Waals surface area contributed by atoms with Gasteiger partial charge in [0.2, 0.25) is 0 Å². The molecule has 0 radical (unpaired) electrons. The topological polar surface area (TPSA) is 41.9 Å². The third-order valence-electron chi connectivity index (χ3n) is 6.34.